The van der Waals surface area contributed by atoms with Gasteiger partial charge >= 0.3 is 0 Å². The van der Waals surface area contributed by atoms with Crippen LogP contribution in [0.5, 0.6) is 5.75 Å². The highest BCUT2D eigenvalue weighted by Crippen LogP contribution is 2.40. The largest absolute Gasteiger partial charge is 0.496 e. The lowest BCUT2D eigenvalue weighted by molar-refractivity contribution is -0.141. The third-order valence-corrected chi connectivity index (χ3v) is 7.67. The number of methoxy groups -OCH3 is 1. The predicted octanol–water partition coefficient (Wildman–Crippen LogP) is 4.24. The zero-order valence-corrected chi connectivity index (χ0v) is 19.3. The molecule has 0 radical (unpaired) electrons. The summed E-state index contributed by atoms with van der Waals surface area (Å²) < 4.78 is 5.60. The minimum absolute atomic E-state index is 0.00409. The van der Waals surface area contributed by atoms with Gasteiger partial charge in [-0.2, -0.15) is 0 Å². The van der Waals surface area contributed by atoms with Crippen LogP contribution in [0, 0.1) is 11.8 Å². The Bertz CT molecular complexity index is 1080. The highest BCUT2D eigenvalue weighted by Gasteiger charge is 2.42. The number of ether oxygens (including phenoxy) is 1. The third kappa shape index (κ3) is 3.62. The van der Waals surface area contributed by atoms with Crippen LogP contribution in [-0.2, 0) is 11.2 Å². The molecule has 172 valence electrons. The van der Waals surface area contributed by atoms with Crippen molar-refractivity contribution in [1.29, 1.82) is 0 Å². The second kappa shape index (κ2) is 8.65. The van der Waals surface area contributed by atoms with Gasteiger partial charge in [0.15, 0.2) is 0 Å². The number of carbonyl (C=O) groups is 3. The smallest absolute Gasteiger partial charge is 0.261 e. The minimum atomic E-state index is -0.382. The molecule has 3 atom stereocenters. The van der Waals surface area contributed by atoms with Crippen molar-refractivity contribution >= 4 is 17.7 Å². The molecular weight excluding hydrogens is 416 g/mol. The SMILES string of the molecule is COc1cccc2c1CCN(C(=O)[C@@H]1CCCC[C@@H]1C)[C@@H]2CN1C(=O)c2ccccc2C1=O. The topological polar surface area (TPSA) is 66.9 Å². The maximum absolute atomic E-state index is 13.8. The molecule has 0 N–H and O–H groups in total. The van der Waals surface area contributed by atoms with Gasteiger partial charge in [-0.05, 0) is 48.9 Å². The highest BCUT2D eigenvalue weighted by molar-refractivity contribution is 6.21. The Balaban J connectivity index is 1.52. The zero-order valence-electron chi connectivity index (χ0n) is 19.3. The van der Waals surface area contributed by atoms with Crippen molar-refractivity contribution in [2.45, 2.75) is 45.1 Å². The molecule has 2 aromatic carbocycles. The molecule has 1 saturated carbocycles. The summed E-state index contributed by atoms with van der Waals surface area (Å²) in [5.74, 6) is 0.705. The third-order valence-electron chi connectivity index (χ3n) is 7.67. The van der Waals surface area contributed by atoms with Gasteiger partial charge in [0.25, 0.3) is 11.8 Å². The summed E-state index contributed by atoms with van der Waals surface area (Å²) in [6, 6.07) is 12.4. The van der Waals surface area contributed by atoms with Gasteiger partial charge in [-0.3, -0.25) is 19.3 Å². The number of benzene rings is 2. The van der Waals surface area contributed by atoms with Crippen LogP contribution in [0.2, 0.25) is 0 Å². The van der Waals surface area contributed by atoms with Crippen molar-refractivity contribution < 1.29 is 19.1 Å². The second-order valence-electron chi connectivity index (χ2n) is 9.46. The zero-order chi connectivity index (χ0) is 23.1. The Labute approximate surface area is 194 Å². The molecule has 0 bridgehead atoms. The number of hydrogen-bond donors (Lipinski definition) is 0. The van der Waals surface area contributed by atoms with E-state index in [2.05, 4.69) is 6.92 Å². The fraction of sp³-hybridized carbons (Fsp3) is 0.444. The van der Waals surface area contributed by atoms with Gasteiger partial charge in [0.2, 0.25) is 5.91 Å². The van der Waals surface area contributed by atoms with Crippen LogP contribution < -0.4 is 4.74 Å². The van der Waals surface area contributed by atoms with E-state index in [0.29, 0.717) is 30.0 Å². The first-order valence-corrected chi connectivity index (χ1v) is 11.9. The summed E-state index contributed by atoms with van der Waals surface area (Å²) in [6.07, 6.45) is 4.91. The summed E-state index contributed by atoms with van der Waals surface area (Å²) in [4.78, 5) is 43.3. The molecule has 2 heterocycles. The lowest BCUT2D eigenvalue weighted by Gasteiger charge is -2.42. The fourth-order valence-electron chi connectivity index (χ4n) is 5.84. The molecule has 33 heavy (non-hydrogen) atoms. The van der Waals surface area contributed by atoms with Crippen LogP contribution in [0.4, 0.5) is 0 Å². The van der Waals surface area contributed by atoms with E-state index in [1.165, 1.54) is 11.3 Å². The number of hydrogen-bond acceptors (Lipinski definition) is 4. The number of fused-ring (bicyclic) bond motifs is 2. The molecule has 6 heteroatoms. The van der Waals surface area contributed by atoms with Crippen molar-refractivity contribution in [3.63, 3.8) is 0 Å². The van der Waals surface area contributed by atoms with Gasteiger partial charge in [0.05, 0.1) is 30.8 Å². The van der Waals surface area contributed by atoms with Crippen LogP contribution in [0.25, 0.3) is 0 Å². The van der Waals surface area contributed by atoms with Crippen LogP contribution in [0.1, 0.15) is 70.5 Å². The number of amides is 3. The standard InChI is InChI=1S/C27H30N2O4/c1-17-8-3-4-9-18(17)25(30)28-15-14-20-19(12-7-13-24(20)33-2)23(28)16-29-26(31)21-10-5-6-11-22(21)27(29)32/h5-7,10-13,17-18,23H,3-4,8-9,14-16H2,1-2H3/t17-,18+,23+/m0/s1. The van der Waals surface area contributed by atoms with E-state index in [4.69, 9.17) is 4.74 Å². The molecule has 3 amide bonds. The van der Waals surface area contributed by atoms with Gasteiger partial charge in [0.1, 0.15) is 5.75 Å². The van der Waals surface area contributed by atoms with Crippen LogP contribution >= 0.6 is 0 Å². The Kier molecular flexibility index (Phi) is 5.69. The van der Waals surface area contributed by atoms with Gasteiger partial charge in [-0.1, -0.05) is 44.0 Å². The Morgan fingerprint density at radius 2 is 1.70 bits per heavy atom. The number of rotatable bonds is 4. The summed E-state index contributed by atoms with van der Waals surface area (Å²) in [6.45, 7) is 2.88. The first kappa shape index (κ1) is 21.7. The Morgan fingerprint density at radius 3 is 2.36 bits per heavy atom. The molecule has 1 fully saturated rings. The maximum atomic E-state index is 13.8. The lowest BCUT2D eigenvalue weighted by Crippen LogP contribution is -2.49. The van der Waals surface area contributed by atoms with Crippen molar-refractivity contribution in [3.8, 4) is 5.75 Å². The molecule has 0 saturated heterocycles. The molecule has 6 nitrogen and oxygen atoms in total. The summed E-state index contributed by atoms with van der Waals surface area (Å²) >= 11 is 0. The first-order chi connectivity index (χ1) is 16.0. The summed E-state index contributed by atoms with van der Waals surface area (Å²) in [5, 5.41) is 0. The molecule has 2 aromatic rings. The lowest BCUT2D eigenvalue weighted by atomic mass is 9.78. The number of imide groups is 1. The van der Waals surface area contributed by atoms with Crippen LogP contribution in [-0.4, -0.2) is 47.7 Å². The van der Waals surface area contributed by atoms with E-state index in [1.807, 2.05) is 23.1 Å². The minimum Gasteiger partial charge on any atom is -0.496 e. The molecular formula is C27H30N2O4. The van der Waals surface area contributed by atoms with E-state index < -0.39 is 0 Å². The first-order valence-electron chi connectivity index (χ1n) is 11.9. The molecule has 0 spiro atoms. The summed E-state index contributed by atoms with van der Waals surface area (Å²) in [7, 11) is 1.65. The van der Waals surface area contributed by atoms with Crippen molar-refractivity contribution in [1.82, 2.24) is 9.80 Å². The van der Waals surface area contributed by atoms with Crippen molar-refractivity contribution in [2.24, 2.45) is 11.8 Å². The highest BCUT2D eigenvalue weighted by atomic mass is 16.5. The van der Waals surface area contributed by atoms with Crippen LogP contribution in [0.15, 0.2) is 42.5 Å². The monoisotopic (exact) mass is 446 g/mol. The molecule has 2 aliphatic heterocycles. The average Bonchev–Trinajstić information content (AvgIpc) is 3.08. The number of carbonyl (C=O) groups excluding carboxylic acids is 3. The van der Waals surface area contributed by atoms with Gasteiger partial charge in [-0.15, -0.1) is 0 Å². The molecule has 1 aliphatic carbocycles. The molecule has 0 aromatic heterocycles. The molecule has 0 unspecified atom stereocenters. The Morgan fingerprint density at radius 1 is 1.00 bits per heavy atom. The normalized spacial score (nSPS) is 24.5. The molecule has 5 rings (SSSR count). The Hall–Kier alpha value is -3.15. The maximum Gasteiger partial charge on any atom is 0.261 e. The van der Waals surface area contributed by atoms with Crippen LogP contribution in [0.3, 0.4) is 0 Å². The summed E-state index contributed by atoms with van der Waals surface area (Å²) in [5.41, 5.74) is 2.89. The fourth-order valence-corrected chi connectivity index (χ4v) is 5.84. The van der Waals surface area contributed by atoms with Gasteiger partial charge in [0, 0.05) is 18.0 Å². The quantitative estimate of drug-likeness (QED) is 0.659. The van der Waals surface area contributed by atoms with Crippen molar-refractivity contribution in [2.75, 3.05) is 20.2 Å². The van der Waals surface area contributed by atoms with E-state index >= 15 is 0 Å². The van der Waals surface area contributed by atoms with Crippen molar-refractivity contribution in [3.05, 3.63) is 64.7 Å². The van der Waals surface area contributed by atoms with E-state index in [-0.39, 0.29) is 36.2 Å². The average molecular weight is 447 g/mol. The van der Waals surface area contributed by atoms with E-state index in [9.17, 15) is 14.4 Å². The molecule has 3 aliphatic rings. The van der Waals surface area contributed by atoms with E-state index in [0.717, 1.165) is 36.1 Å². The van der Waals surface area contributed by atoms with Gasteiger partial charge in [-0.25, -0.2) is 0 Å². The predicted molar refractivity (Wildman–Crippen MR) is 124 cm³/mol. The van der Waals surface area contributed by atoms with Gasteiger partial charge < -0.3 is 9.64 Å². The van der Waals surface area contributed by atoms with E-state index in [1.54, 1.807) is 31.4 Å². The second-order valence-corrected chi connectivity index (χ2v) is 9.46. The number of nitrogens with zero attached hydrogens (tertiary/aromatic N) is 2.